The molecule has 0 saturated heterocycles. The summed E-state index contributed by atoms with van der Waals surface area (Å²) in [6.07, 6.45) is -0.598. The minimum absolute atomic E-state index is 0.188. The quantitative estimate of drug-likeness (QED) is 0.443. The van der Waals surface area contributed by atoms with Gasteiger partial charge in [0.15, 0.2) is 0 Å². The highest BCUT2D eigenvalue weighted by Gasteiger charge is 2.00. The molecule has 0 amide bonds. The number of ether oxygens (including phenoxy) is 3. The summed E-state index contributed by atoms with van der Waals surface area (Å²) in [5, 5.41) is 9.03. The van der Waals surface area contributed by atoms with Crippen molar-refractivity contribution in [3.05, 3.63) is 0 Å². The van der Waals surface area contributed by atoms with Crippen molar-refractivity contribution >= 4 is 23.2 Å². The lowest BCUT2D eigenvalue weighted by atomic mass is 10.4. The molecule has 15 heavy (non-hydrogen) atoms. The van der Waals surface area contributed by atoms with Gasteiger partial charge in [-0.25, -0.2) is 0 Å². The highest BCUT2D eigenvalue weighted by atomic mass is 35.5. The maximum absolute atomic E-state index is 9.03. The van der Waals surface area contributed by atoms with Crippen LogP contribution in [0.4, 0.5) is 0 Å². The lowest BCUT2D eigenvalue weighted by Gasteiger charge is -2.08. The molecular formula is C9H18Cl2O4. The molecule has 0 bridgehead atoms. The molecule has 0 aromatic carbocycles. The molecule has 0 unspecified atom stereocenters. The molecule has 0 radical (unpaired) electrons. The Hall–Kier alpha value is 0.420. The van der Waals surface area contributed by atoms with Gasteiger partial charge in [-0.2, -0.15) is 0 Å². The van der Waals surface area contributed by atoms with Crippen LogP contribution in [0.2, 0.25) is 0 Å². The predicted molar refractivity (Wildman–Crippen MR) is 59.9 cm³/mol. The van der Waals surface area contributed by atoms with Gasteiger partial charge >= 0.3 is 0 Å². The first-order chi connectivity index (χ1) is 7.31. The number of hydrogen-bond donors (Lipinski definition) is 1. The van der Waals surface area contributed by atoms with Crippen LogP contribution in [-0.4, -0.2) is 62.6 Å². The first kappa shape index (κ1) is 15.4. The lowest BCUT2D eigenvalue weighted by molar-refractivity contribution is -0.00389. The Labute approximate surface area is 100 Å². The second-order valence-corrected chi connectivity index (χ2v) is 3.48. The third-order valence-corrected chi connectivity index (χ3v) is 1.96. The maximum atomic E-state index is 9.03. The molecule has 0 aromatic rings. The van der Waals surface area contributed by atoms with Crippen molar-refractivity contribution in [2.75, 3.05) is 51.4 Å². The molecule has 1 N–H and O–H groups in total. The zero-order valence-corrected chi connectivity index (χ0v) is 10.2. The Bertz CT molecular complexity index is 127. The summed E-state index contributed by atoms with van der Waals surface area (Å²) in [7, 11) is 0. The van der Waals surface area contributed by atoms with Gasteiger partial charge in [0.25, 0.3) is 0 Å². The van der Waals surface area contributed by atoms with E-state index in [0.29, 0.717) is 38.9 Å². The van der Waals surface area contributed by atoms with E-state index in [9.17, 15) is 0 Å². The van der Waals surface area contributed by atoms with E-state index in [4.69, 9.17) is 42.5 Å². The van der Waals surface area contributed by atoms with E-state index in [-0.39, 0.29) is 12.5 Å². The molecule has 0 saturated carbocycles. The largest absolute Gasteiger partial charge is 0.389 e. The van der Waals surface area contributed by atoms with E-state index >= 15 is 0 Å². The van der Waals surface area contributed by atoms with Crippen LogP contribution in [0.25, 0.3) is 0 Å². The molecule has 92 valence electrons. The van der Waals surface area contributed by atoms with E-state index in [0.717, 1.165) is 0 Å². The SMILES string of the molecule is O[C@H](CCl)COCCOCCOCCCl. The van der Waals surface area contributed by atoms with E-state index in [1.807, 2.05) is 0 Å². The van der Waals surface area contributed by atoms with Crippen LogP contribution < -0.4 is 0 Å². The number of hydrogen-bond acceptors (Lipinski definition) is 4. The minimum Gasteiger partial charge on any atom is -0.389 e. The molecule has 0 fully saturated rings. The van der Waals surface area contributed by atoms with E-state index in [1.54, 1.807) is 0 Å². The fraction of sp³-hybridized carbons (Fsp3) is 1.00. The molecule has 0 aliphatic rings. The van der Waals surface area contributed by atoms with Gasteiger partial charge in [0.05, 0.1) is 51.6 Å². The molecule has 1 atom stereocenters. The third-order valence-electron chi connectivity index (χ3n) is 1.45. The number of aliphatic hydroxyl groups is 1. The lowest BCUT2D eigenvalue weighted by Crippen LogP contribution is -2.19. The van der Waals surface area contributed by atoms with E-state index in [1.165, 1.54) is 0 Å². The molecule has 4 nitrogen and oxygen atoms in total. The summed E-state index contributed by atoms with van der Waals surface area (Å²) in [6, 6.07) is 0. The van der Waals surface area contributed by atoms with Crippen molar-refractivity contribution in [3.63, 3.8) is 0 Å². The second kappa shape index (κ2) is 12.5. The van der Waals surface area contributed by atoms with Crippen LogP contribution in [0.15, 0.2) is 0 Å². The van der Waals surface area contributed by atoms with Crippen LogP contribution in [0.1, 0.15) is 0 Å². The molecular weight excluding hydrogens is 243 g/mol. The Kier molecular flexibility index (Phi) is 12.8. The summed E-state index contributed by atoms with van der Waals surface area (Å²) in [5.74, 6) is 0.687. The summed E-state index contributed by atoms with van der Waals surface area (Å²) in [5.41, 5.74) is 0. The monoisotopic (exact) mass is 260 g/mol. The van der Waals surface area contributed by atoms with E-state index in [2.05, 4.69) is 0 Å². The summed E-state index contributed by atoms with van der Waals surface area (Å²) in [4.78, 5) is 0. The van der Waals surface area contributed by atoms with Crippen molar-refractivity contribution in [1.82, 2.24) is 0 Å². The Morgan fingerprint density at radius 1 is 0.867 bits per heavy atom. The Morgan fingerprint density at radius 3 is 1.93 bits per heavy atom. The van der Waals surface area contributed by atoms with E-state index < -0.39 is 6.10 Å². The Balaban J connectivity index is 2.92. The van der Waals surface area contributed by atoms with Crippen LogP contribution in [0.3, 0.4) is 0 Å². The van der Waals surface area contributed by atoms with Crippen LogP contribution in [-0.2, 0) is 14.2 Å². The number of alkyl halides is 2. The first-order valence-electron chi connectivity index (χ1n) is 4.84. The van der Waals surface area contributed by atoms with Crippen molar-refractivity contribution in [2.24, 2.45) is 0 Å². The third kappa shape index (κ3) is 12.4. The van der Waals surface area contributed by atoms with Gasteiger partial charge in [-0.05, 0) is 0 Å². The van der Waals surface area contributed by atoms with Gasteiger partial charge in [-0.15, -0.1) is 23.2 Å². The van der Waals surface area contributed by atoms with Gasteiger partial charge in [-0.1, -0.05) is 0 Å². The van der Waals surface area contributed by atoms with Crippen LogP contribution in [0.5, 0.6) is 0 Å². The molecule has 0 aliphatic carbocycles. The fourth-order valence-corrected chi connectivity index (χ4v) is 0.956. The maximum Gasteiger partial charge on any atom is 0.0908 e. The molecule has 0 spiro atoms. The molecule has 0 aliphatic heterocycles. The Morgan fingerprint density at radius 2 is 1.40 bits per heavy atom. The summed E-state index contributed by atoms with van der Waals surface area (Å²) in [6.45, 7) is 2.79. The highest BCUT2D eigenvalue weighted by Crippen LogP contribution is 1.89. The normalized spacial score (nSPS) is 13.0. The van der Waals surface area contributed by atoms with Crippen LogP contribution >= 0.6 is 23.2 Å². The zero-order valence-electron chi connectivity index (χ0n) is 8.66. The first-order valence-corrected chi connectivity index (χ1v) is 5.91. The van der Waals surface area contributed by atoms with Gasteiger partial charge in [-0.3, -0.25) is 0 Å². The molecule has 0 aromatic heterocycles. The summed E-state index contributed by atoms with van der Waals surface area (Å²) >= 11 is 10.8. The fourth-order valence-electron chi connectivity index (χ4n) is 0.758. The molecule has 0 rings (SSSR count). The van der Waals surface area contributed by atoms with Crippen molar-refractivity contribution in [3.8, 4) is 0 Å². The minimum atomic E-state index is -0.598. The average molecular weight is 261 g/mol. The van der Waals surface area contributed by atoms with Crippen molar-refractivity contribution < 1.29 is 19.3 Å². The van der Waals surface area contributed by atoms with Gasteiger partial charge in [0, 0.05) is 5.88 Å². The number of aliphatic hydroxyl groups excluding tert-OH is 1. The highest BCUT2D eigenvalue weighted by molar-refractivity contribution is 6.18. The zero-order chi connectivity index (χ0) is 11.4. The molecule has 0 heterocycles. The average Bonchev–Trinajstić information content (AvgIpc) is 2.26. The van der Waals surface area contributed by atoms with Gasteiger partial charge < -0.3 is 19.3 Å². The number of rotatable bonds is 11. The van der Waals surface area contributed by atoms with Crippen molar-refractivity contribution in [1.29, 1.82) is 0 Å². The smallest absolute Gasteiger partial charge is 0.0908 e. The second-order valence-electron chi connectivity index (χ2n) is 2.80. The summed E-state index contributed by atoms with van der Waals surface area (Å²) < 4.78 is 15.4. The topological polar surface area (TPSA) is 47.9 Å². The standard InChI is InChI=1S/C9H18Cl2O4/c10-1-2-13-3-4-14-5-6-15-8-9(12)7-11/h9,12H,1-8H2/t9-/m1/s1. The van der Waals surface area contributed by atoms with Gasteiger partial charge in [0.2, 0.25) is 0 Å². The van der Waals surface area contributed by atoms with Crippen LogP contribution in [0, 0.1) is 0 Å². The predicted octanol–water partition coefficient (Wildman–Crippen LogP) is 0.875. The van der Waals surface area contributed by atoms with Gasteiger partial charge in [0.1, 0.15) is 0 Å². The molecule has 6 heteroatoms. The van der Waals surface area contributed by atoms with Crippen molar-refractivity contribution in [2.45, 2.75) is 6.10 Å². The number of halogens is 2.